The predicted octanol–water partition coefficient (Wildman–Crippen LogP) is 3.35. The molecule has 0 bridgehead atoms. The molecule has 0 unspecified atom stereocenters. The van der Waals surface area contributed by atoms with Crippen molar-refractivity contribution < 1.29 is 4.79 Å². The number of carbonyl (C=O) groups excluding carboxylic acids is 1. The maximum absolute atomic E-state index is 13.4. The number of nitrogens with zero attached hydrogens (tertiary/aromatic N) is 3. The van der Waals surface area contributed by atoms with Crippen LogP contribution in [0.15, 0.2) is 70.8 Å². The number of amides is 1. The molecule has 0 fully saturated rings. The summed E-state index contributed by atoms with van der Waals surface area (Å²) in [6, 6.07) is 20.6. The molecule has 0 spiro atoms. The molecule has 0 aliphatic carbocycles. The number of nitriles is 1. The van der Waals surface area contributed by atoms with Crippen LogP contribution in [0.25, 0.3) is 16.4 Å². The first-order valence-corrected chi connectivity index (χ1v) is 10.5. The number of thiazole rings is 1. The van der Waals surface area contributed by atoms with E-state index in [2.05, 4.69) is 10.1 Å². The molecule has 8 heteroatoms. The Labute approximate surface area is 182 Å². The van der Waals surface area contributed by atoms with Crippen molar-refractivity contribution >= 4 is 17.2 Å². The normalized spacial score (nSPS) is 12.8. The van der Waals surface area contributed by atoms with E-state index in [-0.39, 0.29) is 5.56 Å². The first kappa shape index (κ1) is 20.3. The summed E-state index contributed by atoms with van der Waals surface area (Å²) in [7, 11) is 0. The van der Waals surface area contributed by atoms with E-state index in [0.717, 1.165) is 11.3 Å². The number of aromatic amines is 1. The highest BCUT2D eigenvalue weighted by atomic mass is 32.1. The minimum Gasteiger partial charge on any atom is -0.369 e. The first-order valence-electron chi connectivity index (χ1n) is 9.58. The second-order valence-electron chi connectivity index (χ2n) is 7.07. The van der Waals surface area contributed by atoms with Crippen LogP contribution in [0.5, 0.6) is 0 Å². The van der Waals surface area contributed by atoms with E-state index < -0.39 is 17.7 Å². The Morgan fingerprint density at radius 1 is 1.16 bits per heavy atom. The molecule has 2 aromatic carbocycles. The average Bonchev–Trinajstić information content (AvgIpc) is 3.38. The van der Waals surface area contributed by atoms with Gasteiger partial charge in [0.2, 0.25) is 11.0 Å². The Kier molecular flexibility index (Phi) is 5.52. The standard InChI is InChI=1S/C23H19N5O2S/c1-14-19(20(17(12-24)21(25)29)16-10-6-3-7-11-16)22(30)28(27-14)23-26-18(13-31-23)15-8-4-2-5-9-15/h2-11,13,17,20,27H,1H3,(H2,25,29)/t17-,20-/m0/s1. The lowest BCUT2D eigenvalue weighted by molar-refractivity contribution is -0.120. The maximum Gasteiger partial charge on any atom is 0.277 e. The molecule has 0 aliphatic heterocycles. The van der Waals surface area contributed by atoms with Crippen LogP contribution in [0.2, 0.25) is 0 Å². The molecular formula is C23H19N5O2S. The van der Waals surface area contributed by atoms with Crippen molar-refractivity contribution in [3.63, 3.8) is 0 Å². The Hall–Kier alpha value is -3.96. The topological polar surface area (TPSA) is 118 Å². The summed E-state index contributed by atoms with van der Waals surface area (Å²) in [6.07, 6.45) is 0. The monoisotopic (exact) mass is 429 g/mol. The smallest absolute Gasteiger partial charge is 0.277 e. The lowest BCUT2D eigenvalue weighted by Gasteiger charge is -2.19. The van der Waals surface area contributed by atoms with Crippen molar-refractivity contribution in [3.8, 4) is 22.5 Å². The number of nitrogens with two attached hydrogens (primary N) is 1. The summed E-state index contributed by atoms with van der Waals surface area (Å²) >= 11 is 1.33. The Morgan fingerprint density at radius 2 is 1.81 bits per heavy atom. The van der Waals surface area contributed by atoms with Crippen molar-refractivity contribution in [2.45, 2.75) is 12.8 Å². The summed E-state index contributed by atoms with van der Waals surface area (Å²) in [5, 5.41) is 15.0. The van der Waals surface area contributed by atoms with E-state index in [0.29, 0.717) is 22.0 Å². The number of aromatic nitrogens is 3. The number of hydrogen-bond acceptors (Lipinski definition) is 5. The van der Waals surface area contributed by atoms with Crippen LogP contribution in [0.3, 0.4) is 0 Å². The fourth-order valence-corrected chi connectivity index (χ4v) is 4.45. The van der Waals surface area contributed by atoms with Crippen molar-refractivity contribution in [1.82, 2.24) is 14.8 Å². The number of primary amides is 1. The highest BCUT2D eigenvalue weighted by Gasteiger charge is 2.34. The van der Waals surface area contributed by atoms with Gasteiger partial charge in [-0.2, -0.15) is 9.94 Å². The summed E-state index contributed by atoms with van der Waals surface area (Å²) in [6.45, 7) is 1.74. The molecule has 154 valence electrons. The van der Waals surface area contributed by atoms with Crippen molar-refractivity contribution in [3.05, 3.63) is 93.2 Å². The van der Waals surface area contributed by atoms with E-state index in [9.17, 15) is 14.9 Å². The zero-order chi connectivity index (χ0) is 22.0. The van der Waals surface area contributed by atoms with E-state index >= 15 is 0 Å². The quantitative estimate of drug-likeness (QED) is 0.489. The van der Waals surface area contributed by atoms with E-state index in [1.54, 1.807) is 31.2 Å². The van der Waals surface area contributed by atoms with Gasteiger partial charge in [-0.15, -0.1) is 11.3 Å². The molecule has 2 aromatic heterocycles. The molecule has 4 rings (SSSR count). The predicted molar refractivity (Wildman–Crippen MR) is 119 cm³/mol. The lowest BCUT2D eigenvalue weighted by Crippen LogP contribution is -2.31. The van der Waals surface area contributed by atoms with Crippen LogP contribution in [0.1, 0.15) is 22.7 Å². The second-order valence-corrected chi connectivity index (χ2v) is 7.91. The second kappa shape index (κ2) is 8.42. The van der Waals surface area contributed by atoms with Gasteiger partial charge in [-0.05, 0) is 12.5 Å². The zero-order valence-electron chi connectivity index (χ0n) is 16.6. The van der Waals surface area contributed by atoms with Crippen LogP contribution in [-0.2, 0) is 4.79 Å². The van der Waals surface area contributed by atoms with Gasteiger partial charge in [-0.25, -0.2) is 4.98 Å². The van der Waals surface area contributed by atoms with Gasteiger partial charge < -0.3 is 5.73 Å². The minimum atomic E-state index is -1.19. The third kappa shape index (κ3) is 3.79. The number of H-pyrrole nitrogens is 1. The van der Waals surface area contributed by atoms with E-state index in [4.69, 9.17) is 5.73 Å². The Morgan fingerprint density at radius 3 is 2.42 bits per heavy atom. The summed E-state index contributed by atoms with van der Waals surface area (Å²) in [4.78, 5) is 30.1. The number of benzene rings is 2. The number of rotatable bonds is 6. The molecule has 31 heavy (non-hydrogen) atoms. The number of hydrogen-bond donors (Lipinski definition) is 2. The van der Waals surface area contributed by atoms with Gasteiger partial charge in [0.05, 0.1) is 11.8 Å². The lowest BCUT2D eigenvalue weighted by atomic mass is 9.81. The molecule has 2 heterocycles. The highest BCUT2D eigenvalue weighted by Crippen LogP contribution is 2.32. The van der Waals surface area contributed by atoms with Gasteiger partial charge in [0, 0.05) is 28.1 Å². The fraction of sp³-hybridized carbons (Fsp3) is 0.130. The van der Waals surface area contributed by atoms with Gasteiger partial charge >= 0.3 is 0 Å². The van der Waals surface area contributed by atoms with Crippen molar-refractivity contribution in [2.24, 2.45) is 11.7 Å². The Bertz CT molecular complexity index is 1320. The molecule has 7 nitrogen and oxygen atoms in total. The zero-order valence-corrected chi connectivity index (χ0v) is 17.5. The third-order valence-electron chi connectivity index (χ3n) is 5.12. The molecule has 0 aliphatic rings. The van der Waals surface area contributed by atoms with Crippen LogP contribution >= 0.6 is 11.3 Å². The molecule has 0 saturated heterocycles. The van der Waals surface area contributed by atoms with Gasteiger partial charge in [0.1, 0.15) is 5.92 Å². The molecule has 3 N–H and O–H groups in total. The average molecular weight is 430 g/mol. The van der Waals surface area contributed by atoms with Crippen LogP contribution in [-0.4, -0.2) is 20.7 Å². The number of aryl methyl sites for hydroxylation is 1. The SMILES string of the molecule is Cc1[nH]n(-c2nc(-c3ccccc3)cs2)c(=O)c1[C@@H](c1ccccc1)[C@H](C#N)C(N)=O. The van der Waals surface area contributed by atoms with Gasteiger partial charge in [-0.1, -0.05) is 60.7 Å². The third-order valence-corrected chi connectivity index (χ3v) is 5.94. The fourth-order valence-electron chi connectivity index (χ4n) is 3.66. The summed E-state index contributed by atoms with van der Waals surface area (Å²) < 4.78 is 1.35. The molecule has 0 saturated carbocycles. The van der Waals surface area contributed by atoms with E-state index in [1.807, 2.05) is 47.8 Å². The van der Waals surface area contributed by atoms with Crippen LogP contribution in [0.4, 0.5) is 0 Å². The maximum atomic E-state index is 13.4. The van der Waals surface area contributed by atoms with Crippen LogP contribution in [0, 0.1) is 24.2 Å². The molecular weight excluding hydrogens is 410 g/mol. The molecule has 4 aromatic rings. The van der Waals surface area contributed by atoms with Gasteiger partial charge in [0.15, 0.2) is 0 Å². The largest absolute Gasteiger partial charge is 0.369 e. The van der Waals surface area contributed by atoms with Crippen molar-refractivity contribution in [2.75, 3.05) is 0 Å². The molecule has 1 amide bonds. The number of nitrogens with one attached hydrogen (secondary N) is 1. The van der Waals surface area contributed by atoms with Crippen molar-refractivity contribution in [1.29, 1.82) is 5.26 Å². The summed E-state index contributed by atoms with van der Waals surface area (Å²) in [5.41, 5.74) is 8.41. The molecule has 2 atom stereocenters. The minimum absolute atomic E-state index is 0.327. The summed E-state index contributed by atoms with van der Waals surface area (Å²) in [5.74, 6) is -2.75. The number of carbonyl (C=O) groups is 1. The Balaban J connectivity index is 1.83. The van der Waals surface area contributed by atoms with E-state index in [1.165, 1.54) is 16.0 Å². The van der Waals surface area contributed by atoms with Crippen LogP contribution < -0.4 is 11.3 Å². The first-order chi connectivity index (χ1) is 15.0. The molecule has 0 radical (unpaired) electrons. The highest BCUT2D eigenvalue weighted by molar-refractivity contribution is 7.12. The van der Waals surface area contributed by atoms with Gasteiger partial charge in [0.25, 0.3) is 5.56 Å². The van der Waals surface area contributed by atoms with Gasteiger partial charge in [-0.3, -0.25) is 14.7 Å².